The van der Waals surface area contributed by atoms with E-state index < -0.39 is 5.23 Å². The first-order valence-corrected chi connectivity index (χ1v) is 3.45. The first kappa shape index (κ1) is 8.88. The second kappa shape index (κ2) is 4.73. The molecule has 0 aliphatic rings. The molecule has 0 aliphatic heterocycles. The summed E-state index contributed by atoms with van der Waals surface area (Å²) in [5.41, 5.74) is 0. The largest absolute Gasteiger partial charge is 0.600 e. The van der Waals surface area contributed by atoms with Crippen molar-refractivity contribution in [2.24, 2.45) is 0 Å². The highest BCUT2D eigenvalue weighted by Crippen LogP contribution is 1.95. The Morgan fingerprint density at radius 2 is 2.11 bits per heavy atom. The van der Waals surface area contributed by atoms with Gasteiger partial charge in [-0.25, -0.2) is 10.4 Å². The molecule has 0 saturated carbocycles. The van der Waals surface area contributed by atoms with Gasteiger partial charge in [0.1, 0.15) is 6.04 Å². The molecule has 0 saturated heterocycles. The SMILES string of the molecule is CCCC(CC)[NH+]([O-])O. The molecular formula is C6H15NO2. The number of nitrogens with one attached hydrogen (secondary N) is 1. The molecular weight excluding hydrogens is 118 g/mol. The molecule has 2 atom stereocenters. The maximum atomic E-state index is 10.3. The first-order chi connectivity index (χ1) is 4.22. The van der Waals surface area contributed by atoms with Crippen molar-refractivity contribution in [3.8, 4) is 0 Å². The van der Waals surface area contributed by atoms with Gasteiger partial charge < -0.3 is 5.21 Å². The van der Waals surface area contributed by atoms with Crippen molar-refractivity contribution in [1.29, 1.82) is 0 Å². The van der Waals surface area contributed by atoms with Gasteiger partial charge >= 0.3 is 0 Å². The van der Waals surface area contributed by atoms with E-state index in [-0.39, 0.29) is 6.04 Å². The van der Waals surface area contributed by atoms with E-state index in [0.29, 0.717) is 0 Å². The van der Waals surface area contributed by atoms with Crippen LogP contribution in [-0.2, 0) is 0 Å². The third-order valence-corrected chi connectivity index (χ3v) is 1.48. The maximum absolute atomic E-state index is 10.3. The Morgan fingerprint density at radius 3 is 2.22 bits per heavy atom. The summed E-state index contributed by atoms with van der Waals surface area (Å²) in [4.78, 5) is 0. The Bertz CT molecular complexity index is 66.1. The molecule has 0 spiro atoms. The molecule has 0 fully saturated rings. The van der Waals surface area contributed by atoms with E-state index in [9.17, 15) is 5.21 Å². The molecule has 2 N–H and O–H groups in total. The first-order valence-electron chi connectivity index (χ1n) is 3.45. The third kappa shape index (κ3) is 3.46. The fraction of sp³-hybridized carbons (Fsp3) is 1.00. The topological polar surface area (TPSA) is 47.7 Å². The molecule has 0 radical (unpaired) electrons. The molecule has 0 aliphatic carbocycles. The molecule has 0 rings (SSSR count). The Labute approximate surface area is 55.8 Å². The van der Waals surface area contributed by atoms with Crippen LogP contribution in [0.25, 0.3) is 0 Å². The Morgan fingerprint density at radius 1 is 1.56 bits per heavy atom. The summed E-state index contributed by atoms with van der Waals surface area (Å²) in [5, 5.41) is 18.2. The van der Waals surface area contributed by atoms with E-state index in [2.05, 4.69) is 0 Å². The molecule has 2 unspecified atom stereocenters. The van der Waals surface area contributed by atoms with Crippen molar-refractivity contribution in [3.05, 3.63) is 5.21 Å². The van der Waals surface area contributed by atoms with Gasteiger partial charge in [0.15, 0.2) is 0 Å². The van der Waals surface area contributed by atoms with Gasteiger partial charge in [-0.2, -0.15) is 0 Å². The summed E-state index contributed by atoms with van der Waals surface area (Å²) in [6.07, 6.45) is 2.53. The summed E-state index contributed by atoms with van der Waals surface area (Å²) in [6, 6.07) is -0.116. The molecule has 56 valence electrons. The molecule has 0 aromatic carbocycles. The van der Waals surface area contributed by atoms with Crippen molar-refractivity contribution in [2.75, 3.05) is 0 Å². The highest BCUT2D eigenvalue weighted by atomic mass is 16.8. The van der Waals surface area contributed by atoms with Crippen molar-refractivity contribution in [2.45, 2.75) is 39.2 Å². The Hall–Kier alpha value is -0.120. The quantitative estimate of drug-likeness (QED) is 0.543. The predicted molar refractivity (Wildman–Crippen MR) is 35.1 cm³/mol. The summed E-state index contributed by atoms with van der Waals surface area (Å²) < 4.78 is 0. The lowest BCUT2D eigenvalue weighted by Gasteiger charge is -2.21. The van der Waals surface area contributed by atoms with Gasteiger partial charge in [0.05, 0.1) is 0 Å². The van der Waals surface area contributed by atoms with Gasteiger partial charge in [-0.3, -0.25) is 0 Å². The van der Waals surface area contributed by atoms with Crippen LogP contribution in [-0.4, -0.2) is 11.2 Å². The monoisotopic (exact) mass is 133 g/mol. The zero-order chi connectivity index (χ0) is 7.28. The van der Waals surface area contributed by atoms with Crippen molar-refractivity contribution in [3.63, 3.8) is 0 Å². The van der Waals surface area contributed by atoms with Gasteiger partial charge in [-0.1, -0.05) is 20.3 Å². The van der Waals surface area contributed by atoms with Gasteiger partial charge in [-0.15, -0.1) is 0 Å². The lowest BCUT2D eigenvalue weighted by Crippen LogP contribution is -3.08. The normalized spacial score (nSPS) is 17.3. The Balaban J connectivity index is 3.41. The second-order valence-electron chi connectivity index (χ2n) is 2.23. The second-order valence-corrected chi connectivity index (χ2v) is 2.23. The number of hydroxylamine groups is 2. The van der Waals surface area contributed by atoms with Crippen molar-refractivity contribution < 1.29 is 10.4 Å². The van der Waals surface area contributed by atoms with Gasteiger partial charge in [-0.05, 0) is 6.42 Å². The van der Waals surface area contributed by atoms with Gasteiger partial charge in [0, 0.05) is 6.42 Å². The van der Waals surface area contributed by atoms with Crippen LogP contribution in [0.5, 0.6) is 0 Å². The van der Waals surface area contributed by atoms with Crippen LogP contribution in [0.15, 0.2) is 0 Å². The van der Waals surface area contributed by atoms with Crippen LogP contribution in [0.2, 0.25) is 0 Å². The fourth-order valence-electron chi connectivity index (χ4n) is 0.851. The minimum absolute atomic E-state index is 0.116. The van der Waals surface area contributed by atoms with Gasteiger partial charge in [0.2, 0.25) is 0 Å². The fourth-order valence-corrected chi connectivity index (χ4v) is 0.851. The molecule has 0 aromatic heterocycles. The van der Waals surface area contributed by atoms with Crippen LogP contribution in [0.3, 0.4) is 0 Å². The summed E-state index contributed by atoms with van der Waals surface area (Å²) in [7, 11) is 0. The van der Waals surface area contributed by atoms with Crippen LogP contribution in [0.1, 0.15) is 33.1 Å². The van der Waals surface area contributed by atoms with E-state index in [4.69, 9.17) is 5.21 Å². The maximum Gasteiger partial charge on any atom is 0.116 e. The molecule has 0 aromatic rings. The average molecular weight is 133 g/mol. The highest BCUT2D eigenvalue weighted by molar-refractivity contribution is 4.49. The highest BCUT2D eigenvalue weighted by Gasteiger charge is 2.08. The number of hydrogen-bond acceptors (Lipinski definition) is 2. The van der Waals surface area contributed by atoms with Crippen LogP contribution in [0, 0.1) is 5.21 Å². The molecule has 3 nitrogen and oxygen atoms in total. The number of quaternary nitrogens is 1. The summed E-state index contributed by atoms with van der Waals surface area (Å²) in [5.74, 6) is 0. The average Bonchev–Trinajstić information content (AvgIpc) is 1.82. The molecule has 9 heavy (non-hydrogen) atoms. The lowest BCUT2D eigenvalue weighted by molar-refractivity contribution is -1.07. The van der Waals surface area contributed by atoms with Gasteiger partial charge in [0.25, 0.3) is 0 Å². The standard InChI is InChI=1S/C6H15NO2/c1-3-5-6(4-2)7(8)9/h6-8H,3-5H2,1-2H3. The van der Waals surface area contributed by atoms with Crippen LogP contribution in [0.4, 0.5) is 0 Å². The predicted octanol–water partition coefficient (Wildman–Crippen LogP) is 0.337. The van der Waals surface area contributed by atoms with E-state index in [1.807, 2.05) is 13.8 Å². The van der Waals surface area contributed by atoms with Crippen molar-refractivity contribution in [1.82, 2.24) is 0 Å². The van der Waals surface area contributed by atoms with E-state index in [1.54, 1.807) is 0 Å². The number of hydrogen-bond donors (Lipinski definition) is 2. The zero-order valence-corrected chi connectivity index (χ0v) is 6.05. The number of rotatable bonds is 4. The van der Waals surface area contributed by atoms with Crippen LogP contribution < -0.4 is 5.23 Å². The van der Waals surface area contributed by atoms with Crippen molar-refractivity contribution >= 4 is 0 Å². The minimum Gasteiger partial charge on any atom is -0.600 e. The molecule has 0 bridgehead atoms. The minimum atomic E-state index is -0.653. The zero-order valence-electron chi connectivity index (χ0n) is 6.05. The molecule has 0 heterocycles. The third-order valence-electron chi connectivity index (χ3n) is 1.48. The van der Waals surface area contributed by atoms with E-state index in [0.717, 1.165) is 19.3 Å². The van der Waals surface area contributed by atoms with E-state index >= 15 is 0 Å². The molecule has 0 amide bonds. The smallest absolute Gasteiger partial charge is 0.116 e. The molecule has 3 heteroatoms. The Kier molecular flexibility index (Phi) is 4.67. The lowest BCUT2D eigenvalue weighted by atomic mass is 10.1. The van der Waals surface area contributed by atoms with Crippen LogP contribution >= 0.6 is 0 Å². The summed E-state index contributed by atoms with van der Waals surface area (Å²) >= 11 is 0. The summed E-state index contributed by atoms with van der Waals surface area (Å²) in [6.45, 7) is 3.92. The van der Waals surface area contributed by atoms with E-state index in [1.165, 1.54) is 0 Å².